The molecule has 1 heterocycles. The van der Waals surface area contributed by atoms with E-state index in [2.05, 4.69) is 5.32 Å². The van der Waals surface area contributed by atoms with Gasteiger partial charge in [-0.05, 0) is 43.9 Å². The Morgan fingerprint density at radius 1 is 1.35 bits per heavy atom. The number of anilines is 1. The van der Waals surface area contributed by atoms with E-state index in [1.54, 1.807) is 12.1 Å². The Balaban J connectivity index is 1.81. The normalized spacial score (nSPS) is 18.5. The molecule has 0 radical (unpaired) electrons. The monoisotopic (exact) mass is 277 g/mol. The summed E-state index contributed by atoms with van der Waals surface area (Å²) in [5, 5.41) is 11.6. The molecule has 0 aromatic heterocycles. The van der Waals surface area contributed by atoms with Gasteiger partial charge in [-0.25, -0.2) is 4.79 Å². The molecule has 1 saturated heterocycles. The molecule has 1 aliphatic heterocycles. The van der Waals surface area contributed by atoms with Crippen LogP contribution in [0.15, 0.2) is 24.3 Å². The number of carbonyl (C=O) groups excluding carboxylic acids is 1. The number of benzene rings is 1. The van der Waals surface area contributed by atoms with E-state index in [1.807, 2.05) is 0 Å². The summed E-state index contributed by atoms with van der Waals surface area (Å²) in [6, 6.07) is 6.25. The molecule has 1 atom stereocenters. The molecule has 0 spiro atoms. The Morgan fingerprint density at radius 3 is 2.90 bits per heavy atom. The van der Waals surface area contributed by atoms with E-state index in [4.69, 9.17) is 9.84 Å². The lowest BCUT2D eigenvalue weighted by Crippen LogP contribution is -2.21. The van der Waals surface area contributed by atoms with Crippen LogP contribution in [0.1, 0.15) is 42.5 Å². The fourth-order valence-electron chi connectivity index (χ4n) is 2.28. The fraction of sp³-hybridized carbons (Fsp3) is 0.467. The van der Waals surface area contributed by atoms with Gasteiger partial charge in [0.05, 0.1) is 11.7 Å². The number of ether oxygens (including phenoxy) is 1. The SMILES string of the molecule is O=C(CCC1CCCCO1)Nc1cccc(C(=O)O)c1. The van der Waals surface area contributed by atoms with Crippen LogP contribution >= 0.6 is 0 Å². The molecular formula is C15H19NO4. The number of nitrogens with one attached hydrogen (secondary N) is 1. The van der Waals surface area contributed by atoms with Crippen molar-refractivity contribution in [2.24, 2.45) is 0 Å². The molecule has 1 aliphatic rings. The fourth-order valence-corrected chi connectivity index (χ4v) is 2.28. The lowest BCUT2D eigenvalue weighted by molar-refractivity contribution is -0.117. The molecule has 0 saturated carbocycles. The van der Waals surface area contributed by atoms with Crippen molar-refractivity contribution in [2.45, 2.75) is 38.2 Å². The number of carboxylic acid groups (broad SMARTS) is 1. The van der Waals surface area contributed by atoms with Crippen LogP contribution in [0, 0.1) is 0 Å². The van der Waals surface area contributed by atoms with E-state index in [9.17, 15) is 9.59 Å². The number of hydrogen-bond acceptors (Lipinski definition) is 3. The average Bonchev–Trinajstić information content (AvgIpc) is 2.46. The maximum absolute atomic E-state index is 11.8. The highest BCUT2D eigenvalue weighted by Crippen LogP contribution is 2.17. The molecule has 1 aromatic carbocycles. The van der Waals surface area contributed by atoms with Crippen molar-refractivity contribution in [1.29, 1.82) is 0 Å². The van der Waals surface area contributed by atoms with Crippen LogP contribution in [0.25, 0.3) is 0 Å². The van der Waals surface area contributed by atoms with Gasteiger partial charge < -0.3 is 15.2 Å². The first-order chi connectivity index (χ1) is 9.65. The van der Waals surface area contributed by atoms with Crippen LogP contribution in [0.3, 0.4) is 0 Å². The van der Waals surface area contributed by atoms with E-state index in [-0.39, 0.29) is 17.6 Å². The van der Waals surface area contributed by atoms with Crippen molar-refractivity contribution in [3.63, 3.8) is 0 Å². The molecule has 0 bridgehead atoms. The highest BCUT2D eigenvalue weighted by Gasteiger charge is 2.15. The minimum absolute atomic E-state index is 0.110. The van der Waals surface area contributed by atoms with Crippen LogP contribution in [-0.4, -0.2) is 29.7 Å². The molecule has 1 unspecified atom stereocenters. The molecule has 2 rings (SSSR count). The van der Waals surface area contributed by atoms with Gasteiger partial charge in [0.1, 0.15) is 0 Å². The summed E-state index contributed by atoms with van der Waals surface area (Å²) in [4.78, 5) is 22.7. The third kappa shape index (κ3) is 4.35. The lowest BCUT2D eigenvalue weighted by atomic mass is 10.0. The Labute approximate surface area is 117 Å². The Kier molecular flexibility index (Phi) is 5.12. The molecule has 5 nitrogen and oxygen atoms in total. The molecule has 5 heteroatoms. The second kappa shape index (κ2) is 7.05. The first-order valence-corrected chi connectivity index (χ1v) is 6.90. The first kappa shape index (κ1) is 14.5. The maximum Gasteiger partial charge on any atom is 0.335 e. The number of carbonyl (C=O) groups is 2. The summed E-state index contributed by atoms with van der Waals surface area (Å²) in [6.07, 6.45) is 4.56. The summed E-state index contributed by atoms with van der Waals surface area (Å²) >= 11 is 0. The summed E-state index contributed by atoms with van der Waals surface area (Å²) in [6.45, 7) is 0.785. The number of amides is 1. The van der Waals surface area contributed by atoms with Crippen molar-refractivity contribution in [2.75, 3.05) is 11.9 Å². The van der Waals surface area contributed by atoms with Gasteiger partial charge >= 0.3 is 5.97 Å². The zero-order valence-electron chi connectivity index (χ0n) is 11.3. The minimum Gasteiger partial charge on any atom is -0.478 e. The van der Waals surface area contributed by atoms with Crippen LogP contribution < -0.4 is 5.32 Å². The predicted molar refractivity (Wildman–Crippen MR) is 74.9 cm³/mol. The molecule has 1 aromatic rings. The van der Waals surface area contributed by atoms with Gasteiger partial charge in [-0.15, -0.1) is 0 Å². The Morgan fingerprint density at radius 2 is 2.20 bits per heavy atom. The van der Waals surface area contributed by atoms with Crippen LogP contribution in [0.2, 0.25) is 0 Å². The zero-order valence-corrected chi connectivity index (χ0v) is 11.3. The maximum atomic E-state index is 11.8. The lowest BCUT2D eigenvalue weighted by Gasteiger charge is -2.22. The van der Waals surface area contributed by atoms with E-state index < -0.39 is 5.97 Å². The first-order valence-electron chi connectivity index (χ1n) is 6.90. The van der Waals surface area contributed by atoms with E-state index >= 15 is 0 Å². The minimum atomic E-state index is -1.00. The van der Waals surface area contributed by atoms with Crippen LogP contribution in [-0.2, 0) is 9.53 Å². The van der Waals surface area contributed by atoms with Gasteiger partial charge in [0.2, 0.25) is 5.91 Å². The predicted octanol–water partition coefficient (Wildman–Crippen LogP) is 2.67. The number of aromatic carboxylic acids is 1. The van der Waals surface area contributed by atoms with Crippen molar-refractivity contribution in [3.05, 3.63) is 29.8 Å². The topological polar surface area (TPSA) is 75.6 Å². The Hall–Kier alpha value is -1.88. The zero-order chi connectivity index (χ0) is 14.4. The third-order valence-electron chi connectivity index (χ3n) is 3.36. The number of carboxylic acids is 1. The number of rotatable bonds is 5. The summed E-state index contributed by atoms with van der Waals surface area (Å²) < 4.78 is 5.57. The van der Waals surface area contributed by atoms with E-state index in [1.165, 1.54) is 12.1 Å². The quantitative estimate of drug-likeness (QED) is 0.867. The molecule has 20 heavy (non-hydrogen) atoms. The van der Waals surface area contributed by atoms with Crippen LogP contribution in [0.4, 0.5) is 5.69 Å². The molecule has 1 amide bonds. The van der Waals surface area contributed by atoms with E-state index in [0.717, 1.165) is 25.9 Å². The highest BCUT2D eigenvalue weighted by atomic mass is 16.5. The standard InChI is InChI=1S/C15H19NO4/c17-14(8-7-13-6-1-2-9-20-13)16-12-5-3-4-11(10-12)15(18)19/h3-5,10,13H,1-2,6-9H2,(H,16,17)(H,18,19). The Bertz CT molecular complexity index is 481. The third-order valence-corrected chi connectivity index (χ3v) is 3.36. The summed E-state index contributed by atoms with van der Waals surface area (Å²) in [5.41, 5.74) is 0.679. The van der Waals surface area contributed by atoms with Crippen molar-refractivity contribution in [1.82, 2.24) is 0 Å². The second-order valence-corrected chi connectivity index (χ2v) is 4.96. The van der Waals surface area contributed by atoms with Gasteiger partial charge in [0, 0.05) is 18.7 Å². The van der Waals surface area contributed by atoms with Gasteiger partial charge in [0.15, 0.2) is 0 Å². The molecule has 108 valence electrons. The molecule has 2 N–H and O–H groups in total. The van der Waals surface area contributed by atoms with Gasteiger partial charge in [0.25, 0.3) is 0 Å². The van der Waals surface area contributed by atoms with E-state index in [0.29, 0.717) is 18.5 Å². The second-order valence-electron chi connectivity index (χ2n) is 4.96. The van der Waals surface area contributed by atoms with Crippen molar-refractivity contribution < 1.29 is 19.4 Å². The van der Waals surface area contributed by atoms with Crippen molar-refractivity contribution in [3.8, 4) is 0 Å². The molecule has 0 aliphatic carbocycles. The molecule has 1 fully saturated rings. The smallest absolute Gasteiger partial charge is 0.335 e. The van der Waals surface area contributed by atoms with Gasteiger partial charge in [-0.1, -0.05) is 6.07 Å². The largest absolute Gasteiger partial charge is 0.478 e. The average molecular weight is 277 g/mol. The van der Waals surface area contributed by atoms with Crippen molar-refractivity contribution >= 4 is 17.6 Å². The number of hydrogen-bond donors (Lipinski definition) is 2. The summed E-state index contributed by atoms with van der Waals surface area (Å²) in [7, 11) is 0. The van der Waals surface area contributed by atoms with Gasteiger partial charge in [-0.3, -0.25) is 4.79 Å². The highest BCUT2D eigenvalue weighted by molar-refractivity contribution is 5.93. The summed E-state index contributed by atoms with van der Waals surface area (Å²) in [5.74, 6) is -1.11. The molecular weight excluding hydrogens is 258 g/mol. The van der Waals surface area contributed by atoms with Crippen LogP contribution in [0.5, 0.6) is 0 Å². The van der Waals surface area contributed by atoms with Gasteiger partial charge in [-0.2, -0.15) is 0 Å².